The maximum Gasteiger partial charge on any atom is 0.246 e. The van der Waals surface area contributed by atoms with E-state index in [2.05, 4.69) is 10.6 Å². The van der Waals surface area contributed by atoms with Gasteiger partial charge in [-0.1, -0.05) is 11.6 Å². The molecule has 1 saturated heterocycles. The van der Waals surface area contributed by atoms with Gasteiger partial charge in [0.2, 0.25) is 11.8 Å². The minimum Gasteiger partial charge on any atom is -0.374 e. The first-order chi connectivity index (χ1) is 12.8. The van der Waals surface area contributed by atoms with Crippen LogP contribution in [0.1, 0.15) is 25.3 Å². The van der Waals surface area contributed by atoms with Gasteiger partial charge in [0.1, 0.15) is 11.9 Å². The van der Waals surface area contributed by atoms with E-state index in [-0.39, 0.29) is 22.5 Å². The summed E-state index contributed by atoms with van der Waals surface area (Å²) in [6, 6.07) is 9.11. The van der Waals surface area contributed by atoms with E-state index in [0.29, 0.717) is 6.42 Å². The summed E-state index contributed by atoms with van der Waals surface area (Å²) in [6.45, 7) is 4.36. The monoisotopic (exact) mass is 389 g/mol. The molecule has 0 aromatic heterocycles. The zero-order valence-electron chi connectivity index (χ0n) is 15.2. The summed E-state index contributed by atoms with van der Waals surface area (Å²) in [6.07, 6.45) is 1.45. The average molecular weight is 390 g/mol. The van der Waals surface area contributed by atoms with Gasteiger partial charge in [-0.05, 0) is 62.2 Å². The molecular formula is C20H21ClFN3O2. The lowest BCUT2D eigenvalue weighted by atomic mass is 10.1. The highest BCUT2D eigenvalue weighted by molar-refractivity contribution is 6.30. The number of halogens is 2. The van der Waals surface area contributed by atoms with E-state index in [1.807, 2.05) is 25.1 Å². The Morgan fingerprint density at radius 3 is 2.67 bits per heavy atom. The molecule has 27 heavy (non-hydrogen) atoms. The fraction of sp³-hybridized carbons (Fsp3) is 0.300. The van der Waals surface area contributed by atoms with Crippen LogP contribution in [-0.2, 0) is 9.59 Å². The predicted molar refractivity (Wildman–Crippen MR) is 106 cm³/mol. The molecule has 1 heterocycles. The first kappa shape index (κ1) is 19.2. The fourth-order valence-corrected chi connectivity index (χ4v) is 3.26. The Bertz CT molecular complexity index is 888. The van der Waals surface area contributed by atoms with Gasteiger partial charge in [-0.15, -0.1) is 0 Å². The maximum atomic E-state index is 13.8. The summed E-state index contributed by atoms with van der Waals surface area (Å²) in [5.41, 5.74) is 2.68. The van der Waals surface area contributed by atoms with E-state index in [1.54, 1.807) is 11.8 Å². The summed E-state index contributed by atoms with van der Waals surface area (Å²) in [5.74, 6) is -0.817. The molecule has 0 radical (unpaired) electrons. The Hall–Kier alpha value is -2.60. The van der Waals surface area contributed by atoms with Crippen molar-refractivity contribution < 1.29 is 14.0 Å². The number of rotatable bonds is 5. The molecular weight excluding hydrogens is 369 g/mol. The van der Waals surface area contributed by atoms with E-state index < -0.39 is 11.9 Å². The third kappa shape index (κ3) is 4.39. The summed E-state index contributed by atoms with van der Waals surface area (Å²) in [5, 5.41) is 5.91. The Kier molecular flexibility index (Phi) is 5.65. The normalized spacial score (nSPS) is 15.0. The summed E-state index contributed by atoms with van der Waals surface area (Å²) in [7, 11) is 0. The van der Waals surface area contributed by atoms with Gasteiger partial charge in [0.15, 0.2) is 0 Å². The first-order valence-electron chi connectivity index (χ1n) is 8.78. The summed E-state index contributed by atoms with van der Waals surface area (Å²) >= 11 is 5.72. The predicted octanol–water partition coefficient (Wildman–Crippen LogP) is 4.35. The lowest BCUT2D eigenvalue weighted by Gasteiger charge is -2.20. The Balaban J connectivity index is 1.66. The highest BCUT2D eigenvalue weighted by atomic mass is 35.5. The second-order valence-corrected chi connectivity index (χ2v) is 7.07. The molecule has 2 amide bonds. The molecule has 142 valence electrons. The van der Waals surface area contributed by atoms with Gasteiger partial charge in [-0.3, -0.25) is 9.59 Å². The molecule has 2 aromatic carbocycles. The topological polar surface area (TPSA) is 61.4 Å². The van der Waals surface area contributed by atoms with Gasteiger partial charge >= 0.3 is 0 Å². The van der Waals surface area contributed by atoms with E-state index in [4.69, 9.17) is 11.6 Å². The van der Waals surface area contributed by atoms with Crippen LogP contribution in [0.3, 0.4) is 0 Å². The number of carbonyl (C=O) groups is 2. The van der Waals surface area contributed by atoms with Gasteiger partial charge in [-0.25, -0.2) is 4.39 Å². The van der Waals surface area contributed by atoms with Crippen LogP contribution in [-0.4, -0.2) is 24.4 Å². The third-order valence-corrected chi connectivity index (χ3v) is 4.76. The van der Waals surface area contributed by atoms with Crippen LogP contribution in [0.15, 0.2) is 36.4 Å². The summed E-state index contributed by atoms with van der Waals surface area (Å²) < 4.78 is 13.8. The Labute approximate surface area is 162 Å². The van der Waals surface area contributed by atoms with Crippen LogP contribution >= 0.6 is 11.6 Å². The van der Waals surface area contributed by atoms with Crippen molar-refractivity contribution in [2.75, 3.05) is 22.1 Å². The molecule has 0 spiro atoms. The van der Waals surface area contributed by atoms with Crippen LogP contribution in [0.2, 0.25) is 5.02 Å². The molecule has 5 nitrogen and oxygen atoms in total. The van der Waals surface area contributed by atoms with Crippen LogP contribution in [0.4, 0.5) is 21.5 Å². The van der Waals surface area contributed by atoms with Crippen LogP contribution in [0.5, 0.6) is 0 Å². The lowest BCUT2D eigenvalue weighted by molar-refractivity contribution is -0.117. The largest absolute Gasteiger partial charge is 0.374 e. The van der Waals surface area contributed by atoms with Crippen molar-refractivity contribution in [1.82, 2.24) is 0 Å². The minimum absolute atomic E-state index is 0.0807. The highest BCUT2D eigenvalue weighted by Crippen LogP contribution is 2.28. The number of benzene rings is 2. The molecule has 0 aliphatic carbocycles. The van der Waals surface area contributed by atoms with Crippen molar-refractivity contribution in [3.8, 4) is 0 Å². The number of nitrogens with one attached hydrogen (secondary N) is 2. The molecule has 1 fully saturated rings. The molecule has 3 rings (SSSR count). The quantitative estimate of drug-likeness (QED) is 0.799. The highest BCUT2D eigenvalue weighted by Gasteiger charge is 2.23. The van der Waals surface area contributed by atoms with Crippen molar-refractivity contribution in [3.05, 3.63) is 52.8 Å². The second-order valence-electron chi connectivity index (χ2n) is 6.63. The molecule has 0 saturated carbocycles. The molecule has 2 N–H and O–H groups in total. The molecule has 1 aliphatic rings. The van der Waals surface area contributed by atoms with Crippen molar-refractivity contribution in [2.45, 2.75) is 32.7 Å². The van der Waals surface area contributed by atoms with Gasteiger partial charge in [0.25, 0.3) is 0 Å². The second kappa shape index (κ2) is 7.96. The van der Waals surface area contributed by atoms with Gasteiger partial charge < -0.3 is 15.5 Å². The van der Waals surface area contributed by atoms with Crippen molar-refractivity contribution in [1.29, 1.82) is 0 Å². The molecule has 0 unspecified atom stereocenters. The standard InChI is InChI=1S/C20H21ClFN3O2/c1-12-10-15(6-8-18(12)25-9-3-4-19(25)26)23-13(2)20(27)24-17-7-5-14(21)11-16(17)22/h5-8,10-11,13,23H,3-4,9H2,1-2H3,(H,24,27)/t13-/m0/s1. The molecule has 2 aromatic rings. The van der Waals surface area contributed by atoms with Crippen LogP contribution in [0.25, 0.3) is 0 Å². The SMILES string of the molecule is Cc1cc(N[C@@H](C)C(=O)Nc2ccc(Cl)cc2F)ccc1N1CCCC1=O. The maximum absolute atomic E-state index is 13.8. The fourth-order valence-electron chi connectivity index (χ4n) is 3.10. The zero-order valence-corrected chi connectivity index (χ0v) is 15.9. The number of anilines is 3. The number of amides is 2. The first-order valence-corrected chi connectivity index (χ1v) is 9.16. The number of carbonyl (C=O) groups excluding carboxylic acids is 2. The van der Waals surface area contributed by atoms with Gasteiger partial charge in [0, 0.05) is 29.4 Å². The van der Waals surface area contributed by atoms with Crippen LogP contribution < -0.4 is 15.5 Å². The lowest BCUT2D eigenvalue weighted by Crippen LogP contribution is -2.32. The number of hydrogen-bond donors (Lipinski definition) is 2. The van der Waals surface area contributed by atoms with E-state index in [1.165, 1.54) is 12.1 Å². The minimum atomic E-state index is -0.585. The van der Waals surface area contributed by atoms with E-state index in [0.717, 1.165) is 36.0 Å². The Morgan fingerprint density at radius 1 is 1.26 bits per heavy atom. The number of nitrogens with zero attached hydrogens (tertiary/aromatic N) is 1. The van der Waals surface area contributed by atoms with Crippen molar-refractivity contribution >= 4 is 40.5 Å². The van der Waals surface area contributed by atoms with Gasteiger partial charge in [-0.2, -0.15) is 0 Å². The molecule has 1 atom stereocenters. The average Bonchev–Trinajstić information content (AvgIpc) is 3.03. The molecule has 0 bridgehead atoms. The third-order valence-electron chi connectivity index (χ3n) is 4.53. The molecule has 7 heteroatoms. The number of aryl methyl sites for hydroxylation is 1. The van der Waals surface area contributed by atoms with Crippen molar-refractivity contribution in [2.24, 2.45) is 0 Å². The zero-order chi connectivity index (χ0) is 19.6. The molecule has 1 aliphatic heterocycles. The Morgan fingerprint density at radius 2 is 2.04 bits per heavy atom. The van der Waals surface area contributed by atoms with Gasteiger partial charge in [0.05, 0.1) is 5.69 Å². The van der Waals surface area contributed by atoms with Crippen molar-refractivity contribution in [3.63, 3.8) is 0 Å². The smallest absolute Gasteiger partial charge is 0.246 e. The van der Waals surface area contributed by atoms with Crippen LogP contribution in [0, 0.1) is 12.7 Å². The summed E-state index contributed by atoms with van der Waals surface area (Å²) in [4.78, 5) is 26.0. The van der Waals surface area contributed by atoms with E-state index in [9.17, 15) is 14.0 Å². The number of hydrogen-bond acceptors (Lipinski definition) is 3. The van der Waals surface area contributed by atoms with E-state index >= 15 is 0 Å².